The van der Waals surface area contributed by atoms with Gasteiger partial charge in [0.05, 0.1) is 0 Å². The fourth-order valence-electron chi connectivity index (χ4n) is 5.80. The quantitative estimate of drug-likeness (QED) is 0.187. The molecular formula is C27H37N7O12. The van der Waals surface area contributed by atoms with Gasteiger partial charge in [-0.1, -0.05) is 0 Å². The zero-order valence-electron chi connectivity index (χ0n) is 25.8. The summed E-state index contributed by atoms with van der Waals surface area (Å²) in [5, 5.41) is 7.18. The van der Waals surface area contributed by atoms with Gasteiger partial charge in [-0.15, -0.1) is 0 Å². The van der Waals surface area contributed by atoms with Gasteiger partial charge in [-0.3, -0.25) is 28.8 Å². The second kappa shape index (κ2) is 13.3. The van der Waals surface area contributed by atoms with Crippen molar-refractivity contribution in [3.8, 4) is 0 Å². The number of carbonyl (C=O) groups excluding carboxylic acids is 9. The van der Waals surface area contributed by atoms with Crippen molar-refractivity contribution >= 4 is 53.7 Å². The van der Waals surface area contributed by atoms with E-state index in [0.717, 1.165) is 0 Å². The van der Waals surface area contributed by atoms with Crippen LogP contribution >= 0.6 is 0 Å². The van der Waals surface area contributed by atoms with Gasteiger partial charge in [0, 0.05) is 0 Å². The molecule has 0 aromatic heterocycles. The molecule has 4 aliphatic rings. The molecule has 0 bridgehead atoms. The van der Waals surface area contributed by atoms with Gasteiger partial charge in [-0.2, -0.15) is 0 Å². The lowest BCUT2D eigenvalue weighted by Crippen LogP contribution is -2.62. The topological polar surface area (TPSA) is 253 Å². The summed E-state index contributed by atoms with van der Waals surface area (Å²) >= 11 is 0. The highest BCUT2D eigenvalue weighted by Crippen LogP contribution is 2.26. The van der Waals surface area contributed by atoms with E-state index in [4.69, 9.17) is 19.9 Å². The summed E-state index contributed by atoms with van der Waals surface area (Å²) < 4.78 is 15.4. The Hall–Kier alpha value is -4.81. The Morgan fingerprint density at radius 2 is 0.891 bits per heavy atom. The molecule has 19 nitrogen and oxygen atoms in total. The lowest BCUT2D eigenvalue weighted by Gasteiger charge is -2.30. The molecule has 0 saturated carbocycles. The molecule has 4 saturated heterocycles. The molecule has 0 spiro atoms. The van der Waals surface area contributed by atoms with Crippen molar-refractivity contribution in [1.82, 2.24) is 30.7 Å². The Bertz CT molecular complexity index is 1350. The fraction of sp³-hybridized carbons (Fsp3) is 0.667. The number of nitrogens with two attached hydrogens (primary N) is 1. The first-order valence-corrected chi connectivity index (χ1v) is 14.8. The van der Waals surface area contributed by atoms with Crippen LogP contribution in [0.4, 0.5) is 14.4 Å². The number of unbranched alkanes of at least 4 members (excludes halogenated alkanes) is 1. The molecule has 46 heavy (non-hydrogen) atoms. The number of hydrogen-bond acceptors (Lipinski definition) is 13. The van der Waals surface area contributed by atoms with E-state index in [2.05, 4.69) is 16.0 Å². The number of fused-ring (bicyclic) bond motifs is 3. The largest absolute Gasteiger partial charge is 0.443 e. The van der Waals surface area contributed by atoms with Crippen LogP contribution in [0.25, 0.3) is 0 Å². The number of hydrogen-bond donors (Lipinski definition) is 4. The standard InChI is InChI=1S/C27H37N7O12/c1-10-22(38)32-16(12(3)44-25(32)41)19(35)29-11(2)23(39)33-18(14(5)45-26(33)42)21(37)31-15(8-6-7-9-28)24(40)34-17(20(36)30-10)13(4)46-27(34)43/h10-18H,6-9,28H2,1-5H3,(H,29,35)(H,30,36)(H,31,37)/t10-,11-,12-,13-,14-,15-,16+,17+,18+/m0/s1. The first-order valence-electron chi connectivity index (χ1n) is 14.8. The predicted molar refractivity (Wildman–Crippen MR) is 150 cm³/mol. The van der Waals surface area contributed by atoms with E-state index in [1.54, 1.807) is 0 Å². The minimum Gasteiger partial charge on any atom is -0.443 e. The van der Waals surface area contributed by atoms with Crippen molar-refractivity contribution < 1.29 is 57.4 Å². The third kappa shape index (κ3) is 6.18. The molecule has 9 amide bonds. The van der Waals surface area contributed by atoms with Crippen molar-refractivity contribution in [2.24, 2.45) is 5.73 Å². The van der Waals surface area contributed by atoms with Crippen LogP contribution in [0.2, 0.25) is 0 Å². The van der Waals surface area contributed by atoms with Gasteiger partial charge >= 0.3 is 18.3 Å². The molecule has 4 aliphatic heterocycles. The van der Waals surface area contributed by atoms with Crippen molar-refractivity contribution in [3.63, 3.8) is 0 Å². The van der Waals surface area contributed by atoms with Crippen LogP contribution in [0, 0.1) is 0 Å². The first kappa shape index (κ1) is 34.1. The third-order valence-electron chi connectivity index (χ3n) is 8.16. The van der Waals surface area contributed by atoms with Crippen molar-refractivity contribution in [3.05, 3.63) is 0 Å². The van der Waals surface area contributed by atoms with Gasteiger partial charge < -0.3 is 35.9 Å². The summed E-state index contributed by atoms with van der Waals surface area (Å²) in [4.78, 5) is 121. The smallest absolute Gasteiger partial charge is 0.417 e. The van der Waals surface area contributed by atoms with Crippen LogP contribution < -0.4 is 21.7 Å². The van der Waals surface area contributed by atoms with E-state index < -0.39 is 108 Å². The minimum absolute atomic E-state index is 0.0594. The second-order valence-corrected chi connectivity index (χ2v) is 11.5. The zero-order valence-corrected chi connectivity index (χ0v) is 25.8. The maximum absolute atomic E-state index is 13.9. The molecule has 5 N–H and O–H groups in total. The van der Waals surface area contributed by atoms with Crippen LogP contribution in [-0.4, -0.2) is 130 Å². The Morgan fingerprint density at radius 3 is 1.26 bits per heavy atom. The van der Waals surface area contributed by atoms with Gasteiger partial charge in [0.1, 0.15) is 36.4 Å². The van der Waals surface area contributed by atoms with Crippen LogP contribution in [0.3, 0.4) is 0 Å². The Labute approximate surface area is 262 Å². The van der Waals surface area contributed by atoms with Crippen molar-refractivity contribution in [1.29, 1.82) is 0 Å². The number of nitrogens with zero attached hydrogens (tertiary/aromatic N) is 3. The fourth-order valence-corrected chi connectivity index (χ4v) is 5.80. The van der Waals surface area contributed by atoms with Crippen LogP contribution in [-0.2, 0) is 43.0 Å². The number of ether oxygens (including phenoxy) is 3. The summed E-state index contributed by atoms with van der Waals surface area (Å²) in [6.45, 7) is 6.66. The molecule has 0 aliphatic carbocycles. The lowest BCUT2D eigenvalue weighted by atomic mass is 10.0. The molecular weight excluding hydrogens is 614 g/mol. The second-order valence-electron chi connectivity index (χ2n) is 11.5. The van der Waals surface area contributed by atoms with Gasteiger partial charge in [-0.05, 0) is 60.4 Å². The van der Waals surface area contributed by atoms with Crippen LogP contribution in [0.1, 0.15) is 53.9 Å². The highest BCUT2D eigenvalue weighted by molar-refractivity contribution is 6.08. The molecule has 0 aromatic carbocycles. The zero-order chi connectivity index (χ0) is 34.2. The molecule has 0 radical (unpaired) electrons. The molecule has 0 unspecified atom stereocenters. The number of rotatable bonds is 4. The number of nitrogens with one attached hydrogen (secondary N) is 3. The number of imide groups is 3. The molecule has 9 atom stereocenters. The molecule has 252 valence electrons. The van der Waals surface area contributed by atoms with E-state index in [1.807, 2.05) is 0 Å². The summed E-state index contributed by atoms with van der Waals surface area (Å²) in [5.41, 5.74) is 5.59. The molecule has 4 heterocycles. The SMILES string of the molecule is C[C@@H]1NC(=O)[C@H]2[C@H](C)OC(=O)N2C(=O)[C@H](C)NC(=O)[C@H]2[C@H](C)OC(=O)N2C(=O)[C@H](CCCCN)NC(=O)[C@H]2[C@H](C)OC(=O)N2C1=O. The van der Waals surface area contributed by atoms with E-state index in [-0.39, 0.29) is 13.0 Å². The highest BCUT2D eigenvalue weighted by atomic mass is 16.6. The van der Waals surface area contributed by atoms with E-state index >= 15 is 0 Å². The van der Waals surface area contributed by atoms with Gasteiger partial charge in [0.15, 0.2) is 18.1 Å². The Kier molecular flexibility index (Phi) is 9.83. The molecule has 0 aromatic rings. The Balaban J connectivity index is 1.79. The van der Waals surface area contributed by atoms with E-state index in [9.17, 15) is 43.2 Å². The first-order chi connectivity index (χ1) is 21.6. The summed E-state index contributed by atoms with van der Waals surface area (Å²) in [5.74, 6) is -6.17. The predicted octanol–water partition coefficient (Wildman–Crippen LogP) is -2.17. The van der Waals surface area contributed by atoms with Crippen molar-refractivity contribution in [2.45, 2.75) is 108 Å². The van der Waals surface area contributed by atoms with Crippen LogP contribution in [0.5, 0.6) is 0 Å². The summed E-state index contributed by atoms with van der Waals surface area (Å²) in [6.07, 6.45) is -6.53. The molecule has 19 heteroatoms. The number of cyclic esters (lactones) is 3. The average Bonchev–Trinajstić information content (AvgIpc) is 3.57. The molecule has 4 rings (SSSR count). The average molecular weight is 652 g/mol. The van der Waals surface area contributed by atoms with Crippen molar-refractivity contribution in [2.75, 3.05) is 6.54 Å². The van der Waals surface area contributed by atoms with Crippen LogP contribution in [0.15, 0.2) is 0 Å². The minimum atomic E-state index is -1.61. The van der Waals surface area contributed by atoms with Gasteiger partial charge in [0.2, 0.25) is 17.7 Å². The monoisotopic (exact) mass is 651 g/mol. The summed E-state index contributed by atoms with van der Waals surface area (Å²) in [7, 11) is 0. The highest BCUT2D eigenvalue weighted by Gasteiger charge is 2.54. The number of carbonyl (C=O) groups is 9. The lowest BCUT2D eigenvalue weighted by molar-refractivity contribution is -0.144. The summed E-state index contributed by atoms with van der Waals surface area (Å²) in [6, 6.07) is -9.25. The normalized spacial score (nSPS) is 34.4. The third-order valence-corrected chi connectivity index (χ3v) is 8.16. The van der Waals surface area contributed by atoms with E-state index in [1.165, 1.54) is 34.6 Å². The number of amides is 9. The Morgan fingerprint density at radius 1 is 0.543 bits per heavy atom. The molecule has 4 fully saturated rings. The van der Waals surface area contributed by atoms with Gasteiger partial charge in [-0.25, -0.2) is 29.1 Å². The van der Waals surface area contributed by atoms with E-state index in [0.29, 0.717) is 27.5 Å². The maximum atomic E-state index is 13.9. The van der Waals surface area contributed by atoms with Gasteiger partial charge in [0.25, 0.3) is 17.7 Å². The maximum Gasteiger partial charge on any atom is 0.417 e.